The summed E-state index contributed by atoms with van der Waals surface area (Å²) in [5, 5.41) is 39.0. The Balaban J connectivity index is 0.000000280. The summed E-state index contributed by atoms with van der Waals surface area (Å²) in [6.45, 7) is 17.6. The number of ketones is 4. The lowest BCUT2D eigenvalue weighted by Gasteiger charge is -2.22. The van der Waals surface area contributed by atoms with Crippen LogP contribution in [0, 0.1) is 64.6 Å². The topological polar surface area (TPSA) is 540 Å². The fraction of sp³-hybridized carbons (Fsp3) is 0.375. The summed E-state index contributed by atoms with van der Waals surface area (Å²) in [6.07, 6.45) is 20.6. The summed E-state index contributed by atoms with van der Waals surface area (Å²) in [5.74, 6) is -4.15. The number of aromatic nitrogens is 9. The Morgan fingerprint density at radius 3 is 0.912 bits per heavy atom. The molecule has 9 aromatic heterocycles. The van der Waals surface area contributed by atoms with Crippen LogP contribution in [0.3, 0.4) is 0 Å². The molecule has 4 amide bonds. The number of nitrogens with one attached hydrogen (secondary N) is 7. The number of pyridine rings is 5. The van der Waals surface area contributed by atoms with Crippen molar-refractivity contribution in [3.8, 4) is 29.1 Å². The number of fused-ring (bicyclic) bond motifs is 4. The Morgan fingerprint density at radius 2 is 0.642 bits per heavy atom. The van der Waals surface area contributed by atoms with Crippen molar-refractivity contribution >= 4 is 127 Å². The molecule has 0 radical (unpaired) electrons. The van der Waals surface area contributed by atoms with Crippen molar-refractivity contribution in [2.75, 3.05) is 42.7 Å². The number of halogens is 1. The third kappa shape index (κ3) is 38.3. The number of nitrogens with zero attached hydrogens (tertiary/aromatic N) is 6. The molecule has 36 heteroatoms. The van der Waals surface area contributed by atoms with E-state index in [-0.39, 0.29) is 129 Å². The number of ether oxygens (including phenoxy) is 6. The van der Waals surface area contributed by atoms with Crippen molar-refractivity contribution in [2.24, 2.45) is 64.7 Å². The normalized spacial score (nSPS) is 12.6. The van der Waals surface area contributed by atoms with Gasteiger partial charge in [-0.25, -0.2) is 4.79 Å². The van der Waals surface area contributed by atoms with Gasteiger partial charge in [0.2, 0.25) is 23.6 Å². The zero-order valence-corrected chi connectivity index (χ0v) is 86.3. The van der Waals surface area contributed by atoms with Crippen molar-refractivity contribution in [1.29, 1.82) is 5.26 Å². The number of primary amides is 1. The van der Waals surface area contributed by atoms with Gasteiger partial charge in [-0.1, -0.05) is 124 Å². The van der Waals surface area contributed by atoms with Crippen LogP contribution in [-0.2, 0) is 79.9 Å². The van der Waals surface area contributed by atoms with Gasteiger partial charge in [-0.05, 0) is 193 Å². The number of aromatic amines is 4. The number of aliphatic carboxylic acids is 2. The molecule has 0 spiro atoms. The number of nitriles is 1. The number of carboxylic acid groups (broad SMARTS) is 2. The predicted molar refractivity (Wildman–Crippen MR) is 568 cm³/mol. The molecular formula is C112H138ClN15O20. The predicted octanol–water partition coefficient (Wildman–Crippen LogP) is 16.8. The minimum Gasteiger partial charge on any atom is -0.496 e. The van der Waals surface area contributed by atoms with Gasteiger partial charge in [-0.2, -0.15) is 5.26 Å². The maximum absolute atomic E-state index is 13.2. The molecule has 9 heterocycles. The first kappa shape index (κ1) is 121. The SMILES string of the molecule is C.COC(=O)[C@@H](N)Cc1cccnc1.COC(=O)[C@H](Cc1cccnc1)NC(=O)[C@@H](CC(=O)c1cc2c(OC)cccc2[nH]1)CC(C)C.COc1cccc2[nH]c(C(=O)C[C@@H](CC(C)C)C(=O)N[C@@H](Cc3cccnc3)C(N)=O)cc12.COc1cccc2[nH]c(C(=O)C[C@@H](CC(C)C)C(=O)N[C@H](C#N)Cc3cccnc3)cc12.COc1cccc2[nH]c(C(=O)C[C@@H](CC(C)C)C(=O)O)cc12.C[C@@H](Cc1cccnc1)C(=O)O.Cl. The Labute approximate surface area is 868 Å². The second-order valence-corrected chi connectivity index (χ2v) is 37.0. The number of rotatable bonds is 45. The van der Waals surface area contributed by atoms with Crippen LogP contribution in [0.2, 0.25) is 0 Å². The van der Waals surface area contributed by atoms with Gasteiger partial charge in [0.1, 0.15) is 47.2 Å². The van der Waals surface area contributed by atoms with Gasteiger partial charge in [0.15, 0.2) is 23.1 Å². The van der Waals surface area contributed by atoms with Crippen LogP contribution in [0.15, 0.2) is 220 Å². The lowest BCUT2D eigenvalue weighted by Crippen LogP contribution is -2.48. The van der Waals surface area contributed by atoms with E-state index >= 15 is 0 Å². The van der Waals surface area contributed by atoms with Crippen LogP contribution in [0.4, 0.5) is 0 Å². The van der Waals surface area contributed by atoms with Gasteiger partial charge in [0, 0.05) is 168 Å². The molecule has 0 aliphatic carbocycles. The molecule has 0 saturated heterocycles. The van der Waals surface area contributed by atoms with E-state index in [9.17, 15) is 67.9 Å². The average Bonchev–Trinajstić information content (AvgIpc) is 1.67. The number of hydrogen-bond donors (Lipinski definition) is 11. The molecule has 0 bridgehead atoms. The van der Waals surface area contributed by atoms with Crippen LogP contribution in [0.25, 0.3) is 43.6 Å². The number of methoxy groups -OCH3 is 6. The van der Waals surface area contributed by atoms with Crippen LogP contribution in [0.1, 0.15) is 191 Å². The largest absolute Gasteiger partial charge is 0.496 e. The highest BCUT2D eigenvalue weighted by Crippen LogP contribution is 2.34. The Morgan fingerprint density at radius 1 is 0.365 bits per heavy atom. The first-order valence-electron chi connectivity index (χ1n) is 48.0. The van der Waals surface area contributed by atoms with E-state index in [2.05, 4.69) is 71.6 Å². The van der Waals surface area contributed by atoms with Crippen molar-refractivity contribution in [2.45, 2.75) is 177 Å². The second-order valence-electron chi connectivity index (χ2n) is 37.0. The van der Waals surface area contributed by atoms with Gasteiger partial charge in [-0.15, -0.1) is 12.4 Å². The fourth-order valence-electron chi connectivity index (χ4n) is 16.3. The summed E-state index contributed by atoms with van der Waals surface area (Å²) >= 11 is 0. The highest BCUT2D eigenvalue weighted by Gasteiger charge is 2.34. The fourth-order valence-corrected chi connectivity index (χ4v) is 16.3. The van der Waals surface area contributed by atoms with Crippen molar-refractivity contribution < 1.29 is 96.2 Å². The maximum Gasteiger partial charge on any atom is 0.328 e. The van der Waals surface area contributed by atoms with Gasteiger partial charge in [-0.3, -0.25) is 77.7 Å². The molecule has 0 fully saturated rings. The molecule has 13 aromatic rings. The second kappa shape index (κ2) is 61.5. The number of carbonyl (C=O) groups is 12. The highest BCUT2D eigenvalue weighted by atomic mass is 35.5. The van der Waals surface area contributed by atoms with Crippen molar-refractivity contribution in [3.05, 3.63) is 270 Å². The lowest BCUT2D eigenvalue weighted by atomic mass is 9.90. The van der Waals surface area contributed by atoms with E-state index in [1.165, 1.54) is 14.2 Å². The summed E-state index contributed by atoms with van der Waals surface area (Å²) in [7, 11) is 8.92. The van der Waals surface area contributed by atoms with E-state index < -0.39 is 77.6 Å². The minimum atomic E-state index is -0.921. The molecule has 9 atom stereocenters. The third-order valence-corrected chi connectivity index (χ3v) is 23.6. The molecule has 0 saturated carbocycles. The molecule has 0 aliphatic heterocycles. The summed E-state index contributed by atoms with van der Waals surface area (Å²) in [4.78, 5) is 180. The number of Topliss-reactive ketones (excluding diaryl/α,β-unsaturated/α-hetero) is 4. The highest BCUT2D eigenvalue weighted by molar-refractivity contribution is 6.06. The van der Waals surface area contributed by atoms with E-state index in [4.69, 9.17) is 40.3 Å². The maximum atomic E-state index is 13.2. The van der Waals surface area contributed by atoms with Gasteiger partial charge >= 0.3 is 23.9 Å². The average molecular weight is 2050 g/mol. The van der Waals surface area contributed by atoms with Gasteiger partial charge in [0.05, 0.1) is 83.3 Å². The molecule has 0 aliphatic rings. The molecule has 35 nitrogen and oxygen atoms in total. The number of carboxylic acids is 2. The van der Waals surface area contributed by atoms with Crippen LogP contribution in [-0.4, -0.2) is 193 Å². The number of carbonyl (C=O) groups excluding carboxylic acids is 10. The zero-order valence-electron chi connectivity index (χ0n) is 85.5. The molecule has 13 rings (SSSR count). The standard InChI is InChI=1S/C26H31N3O5.C25H30N4O4.C25H28N4O3.C17H21NO4.C9H12N2O2.C9H11NO2.CH4.ClH/c1-16(2)11-18(13-23(30)21-14-19-20(28-21)8-5-9-24(19)33-3)25(31)29-22(26(32)34-4)12-17-7-6-10-27-15-17;1-15(2)10-17(25(32)29-21(24(26)31)11-16-6-5-9-27-14-16)12-22(30)20-13-18-19(28-20)7-4-8-23(18)33-3;1-16(2)10-18(25(31)28-19(14-26)11-17-6-5-9-27-15-17)12-23(30)22-13-20-21(29-22)7-4-8-24(20)32-3;1-10(2)7-11(17(20)21)8-15(19)14-9-12-13(18-14)5-4-6-16(12)22-3;1-13-9(12)8(10)5-7-3-2-4-11-6-7;1-7(9(11)12)5-8-3-2-4-10-6-8;;/h5-10,14-16,18,22,28H,11-13H2,1-4H3,(H,29,31);4-9,13-15,17,21,28H,10-12H2,1-3H3,(H2,26,31)(H,29,32);4-9,13,15-16,18-19,29H,10-12H2,1-3H3,(H,28,31);4-6,9-11,18H,7-8H2,1-3H3,(H,20,21);2-4,6,8H,5,10H2,1H3;2-4,6-7H,5H2,1H3,(H,11,12);1H4;1H/t18-,22+;17-,21+;18-,19+;11-;8-;7-;;/m111100../s1. The lowest BCUT2D eigenvalue weighted by molar-refractivity contribution is -0.145. The Bertz CT molecular complexity index is 6510. The molecule has 788 valence electrons. The van der Waals surface area contributed by atoms with E-state index in [0.717, 1.165) is 71.4 Å². The van der Waals surface area contributed by atoms with Gasteiger partial charge in [0.25, 0.3) is 0 Å². The van der Waals surface area contributed by atoms with Crippen LogP contribution >= 0.6 is 12.4 Å². The molecule has 148 heavy (non-hydrogen) atoms. The quantitative estimate of drug-likeness (QED) is 0.0125. The van der Waals surface area contributed by atoms with Crippen LogP contribution < -0.4 is 46.4 Å². The van der Waals surface area contributed by atoms with Crippen molar-refractivity contribution in [1.82, 2.24) is 60.8 Å². The van der Waals surface area contributed by atoms with Crippen molar-refractivity contribution in [3.63, 3.8) is 0 Å². The third-order valence-electron chi connectivity index (χ3n) is 23.6. The number of hydrogen-bond acceptors (Lipinski definition) is 25. The molecular weight excluding hydrogens is 1910 g/mol. The number of amides is 4. The number of H-pyrrole nitrogens is 4. The van der Waals surface area contributed by atoms with Gasteiger partial charge < -0.3 is 86.0 Å². The Kier molecular flexibility index (Phi) is 50.2. The first-order valence-corrected chi connectivity index (χ1v) is 48.0. The molecule has 13 N–H and O–H groups in total. The smallest absolute Gasteiger partial charge is 0.328 e. The van der Waals surface area contributed by atoms with Crippen LogP contribution in [0.5, 0.6) is 23.0 Å². The monoisotopic (exact) mass is 2050 g/mol. The number of nitrogens with two attached hydrogens (primary N) is 2. The summed E-state index contributed by atoms with van der Waals surface area (Å²) < 4.78 is 30.8. The molecule has 4 aromatic carbocycles. The summed E-state index contributed by atoms with van der Waals surface area (Å²) in [5.41, 5.74) is 20.3. The number of benzene rings is 4. The zero-order chi connectivity index (χ0) is 107. The van der Waals surface area contributed by atoms with E-state index in [1.807, 2.05) is 165 Å². The molecule has 0 unspecified atom stereocenters. The summed E-state index contributed by atoms with van der Waals surface area (Å²) in [6, 6.07) is 46.4. The first-order chi connectivity index (χ1) is 69.9. The number of esters is 2. The van der Waals surface area contributed by atoms with E-state index in [1.54, 1.807) is 146 Å². The van der Waals surface area contributed by atoms with E-state index in [0.29, 0.717) is 90.7 Å². The minimum absolute atomic E-state index is 0. The Hall–Kier alpha value is -15.8.